The van der Waals surface area contributed by atoms with Crippen molar-refractivity contribution >= 4 is 11.6 Å². The zero-order valence-electron chi connectivity index (χ0n) is 11.9. The predicted molar refractivity (Wildman–Crippen MR) is 81.1 cm³/mol. The van der Waals surface area contributed by atoms with E-state index in [0.29, 0.717) is 24.5 Å². The van der Waals surface area contributed by atoms with E-state index < -0.39 is 0 Å². The summed E-state index contributed by atoms with van der Waals surface area (Å²) in [7, 11) is 0. The summed E-state index contributed by atoms with van der Waals surface area (Å²) in [6, 6.07) is 12.5. The van der Waals surface area contributed by atoms with Gasteiger partial charge < -0.3 is 14.7 Å². The molecule has 0 saturated heterocycles. The van der Waals surface area contributed by atoms with Gasteiger partial charge in [0.2, 0.25) is 0 Å². The molecular weight excluding hydrogens is 266 g/mol. The summed E-state index contributed by atoms with van der Waals surface area (Å²) >= 11 is 0. The van der Waals surface area contributed by atoms with Crippen molar-refractivity contribution in [2.75, 3.05) is 18.1 Å². The van der Waals surface area contributed by atoms with Crippen LogP contribution < -0.4 is 9.64 Å². The van der Waals surface area contributed by atoms with Crippen LogP contribution in [0.4, 0.5) is 5.69 Å². The number of carbonyl (C=O) groups excluding carboxylic acids is 1. The van der Waals surface area contributed by atoms with Crippen molar-refractivity contribution in [2.45, 2.75) is 13.3 Å². The fraction of sp³-hybridized carbons (Fsp3) is 0.235. The molecule has 0 atom stereocenters. The highest BCUT2D eigenvalue weighted by molar-refractivity contribution is 6.08. The first-order chi connectivity index (χ1) is 10.2. The van der Waals surface area contributed by atoms with Gasteiger partial charge in [0, 0.05) is 6.54 Å². The van der Waals surface area contributed by atoms with Crippen molar-refractivity contribution in [2.24, 2.45) is 0 Å². The third-order valence-electron chi connectivity index (χ3n) is 3.57. The van der Waals surface area contributed by atoms with E-state index in [-0.39, 0.29) is 11.7 Å². The Morgan fingerprint density at radius 3 is 2.90 bits per heavy atom. The maximum Gasteiger partial charge on any atom is 0.262 e. The van der Waals surface area contributed by atoms with Crippen molar-refractivity contribution in [1.29, 1.82) is 0 Å². The van der Waals surface area contributed by atoms with Crippen LogP contribution in [0.15, 0.2) is 42.5 Å². The number of aryl methyl sites for hydroxylation is 1. The molecule has 1 aliphatic heterocycles. The van der Waals surface area contributed by atoms with Gasteiger partial charge in [-0.3, -0.25) is 4.79 Å². The molecule has 0 bridgehead atoms. The Morgan fingerprint density at radius 2 is 2.05 bits per heavy atom. The van der Waals surface area contributed by atoms with E-state index >= 15 is 0 Å². The summed E-state index contributed by atoms with van der Waals surface area (Å²) in [6.45, 7) is 3.06. The van der Waals surface area contributed by atoms with Gasteiger partial charge in [0.25, 0.3) is 5.91 Å². The highest BCUT2D eigenvalue weighted by atomic mass is 16.5. The first kappa shape index (κ1) is 13.5. The normalized spacial score (nSPS) is 14.0. The second-order valence-electron chi connectivity index (χ2n) is 5.15. The van der Waals surface area contributed by atoms with Crippen LogP contribution in [0, 0.1) is 6.92 Å². The first-order valence-electron chi connectivity index (χ1n) is 7.00. The molecule has 2 aromatic rings. The number of fused-ring (bicyclic) bond motifs is 1. The number of benzene rings is 2. The largest absolute Gasteiger partial charge is 0.507 e. The Balaban J connectivity index is 2.03. The maximum atomic E-state index is 12.8. The lowest BCUT2D eigenvalue weighted by Gasteiger charge is -2.22. The van der Waals surface area contributed by atoms with Gasteiger partial charge in [-0.25, -0.2) is 0 Å². The highest BCUT2D eigenvalue weighted by Crippen LogP contribution is 2.32. The lowest BCUT2D eigenvalue weighted by Crippen LogP contribution is -2.31. The number of rotatable bonds is 1. The van der Waals surface area contributed by atoms with E-state index in [0.717, 1.165) is 17.7 Å². The summed E-state index contributed by atoms with van der Waals surface area (Å²) in [4.78, 5) is 14.5. The van der Waals surface area contributed by atoms with Gasteiger partial charge >= 0.3 is 0 Å². The molecule has 2 aromatic carbocycles. The molecule has 4 nitrogen and oxygen atoms in total. The van der Waals surface area contributed by atoms with Crippen molar-refractivity contribution in [1.82, 2.24) is 0 Å². The zero-order chi connectivity index (χ0) is 14.8. The van der Waals surface area contributed by atoms with Crippen molar-refractivity contribution in [3.05, 3.63) is 53.6 Å². The van der Waals surface area contributed by atoms with Crippen LogP contribution in [0.3, 0.4) is 0 Å². The minimum absolute atomic E-state index is 0.00764. The van der Waals surface area contributed by atoms with Crippen LogP contribution in [0.25, 0.3) is 0 Å². The summed E-state index contributed by atoms with van der Waals surface area (Å²) in [6.07, 6.45) is 0.757. The van der Waals surface area contributed by atoms with E-state index in [4.69, 9.17) is 4.74 Å². The molecule has 1 aliphatic rings. The smallest absolute Gasteiger partial charge is 0.262 e. The molecule has 0 aliphatic carbocycles. The Labute approximate surface area is 123 Å². The number of hydrogen-bond acceptors (Lipinski definition) is 3. The Kier molecular flexibility index (Phi) is 3.52. The van der Waals surface area contributed by atoms with Gasteiger partial charge in [-0.1, -0.05) is 23.8 Å². The summed E-state index contributed by atoms with van der Waals surface area (Å²) in [5.41, 5.74) is 2.02. The number of ether oxygens (including phenoxy) is 1. The van der Waals surface area contributed by atoms with E-state index in [1.54, 1.807) is 23.1 Å². The fourth-order valence-electron chi connectivity index (χ4n) is 2.50. The molecule has 0 fully saturated rings. The lowest BCUT2D eigenvalue weighted by atomic mass is 10.1. The second-order valence-corrected chi connectivity index (χ2v) is 5.15. The molecule has 4 heteroatoms. The molecule has 0 radical (unpaired) electrons. The number of aromatic hydroxyl groups is 1. The molecule has 0 aromatic heterocycles. The van der Waals surface area contributed by atoms with Gasteiger partial charge in [0.05, 0.1) is 17.9 Å². The molecule has 1 amide bonds. The van der Waals surface area contributed by atoms with Gasteiger partial charge in [-0.15, -0.1) is 0 Å². The Bertz CT molecular complexity index is 681. The van der Waals surface area contributed by atoms with Crippen LogP contribution in [0.1, 0.15) is 22.3 Å². The molecule has 0 unspecified atom stereocenters. The Morgan fingerprint density at radius 1 is 1.24 bits per heavy atom. The van der Waals surface area contributed by atoms with Crippen LogP contribution >= 0.6 is 0 Å². The van der Waals surface area contributed by atoms with Crippen molar-refractivity contribution in [3.63, 3.8) is 0 Å². The molecular formula is C17H17NO3. The molecule has 1 N–H and O–H groups in total. The SMILES string of the molecule is Cc1ccc(O)c(C(=O)N2CCCOc3ccccc32)c1. The third kappa shape index (κ3) is 2.57. The number of phenols is 1. The number of para-hydroxylation sites is 2. The maximum absolute atomic E-state index is 12.8. The molecule has 3 rings (SSSR count). The van der Waals surface area contributed by atoms with Gasteiger partial charge in [-0.05, 0) is 37.6 Å². The molecule has 21 heavy (non-hydrogen) atoms. The van der Waals surface area contributed by atoms with Crippen LogP contribution in [-0.4, -0.2) is 24.2 Å². The number of amides is 1. The number of hydrogen-bond donors (Lipinski definition) is 1. The lowest BCUT2D eigenvalue weighted by molar-refractivity contribution is 0.0984. The van der Waals surface area contributed by atoms with E-state index in [9.17, 15) is 9.90 Å². The summed E-state index contributed by atoms with van der Waals surface area (Å²) < 4.78 is 5.66. The van der Waals surface area contributed by atoms with Crippen LogP contribution in [0.5, 0.6) is 11.5 Å². The van der Waals surface area contributed by atoms with Gasteiger partial charge in [0.15, 0.2) is 0 Å². The van der Waals surface area contributed by atoms with Gasteiger partial charge in [0.1, 0.15) is 11.5 Å². The number of anilines is 1. The minimum atomic E-state index is -0.200. The van der Waals surface area contributed by atoms with E-state index in [1.807, 2.05) is 31.2 Å². The number of carbonyl (C=O) groups is 1. The molecule has 1 heterocycles. The van der Waals surface area contributed by atoms with Crippen LogP contribution in [0.2, 0.25) is 0 Å². The average molecular weight is 283 g/mol. The first-order valence-corrected chi connectivity index (χ1v) is 7.00. The minimum Gasteiger partial charge on any atom is -0.507 e. The topological polar surface area (TPSA) is 49.8 Å². The van der Waals surface area contributed by atoms with E-state index in [2.05, 4.69) is 0 Å². The monoisotopic (exact) mass is 283 g/mol. The Hall–Kier alpha value is -2.49. The average Bonchev–Trinajstić information content (AvgIpc) is 2.71. The highest BCUT2D eigenvalue weighted by Gasteiger charge is 2.24. The molecule has 0 saturated carbocycles. The zero-order valence-corrected chi connectivity index (χ0v) is 11.9. The standard InChI is InChI=1S/C17H17NO3/c1-12-7-8-15(19)13(11-12)17(20)18-9-4-10-21-16-6-3-2-5-14(16)18/h2-3,5-8,11,19H,4,9-10H2,1H3. The quantitative estimate of drug-likeness (QED) is 0.874. The third-order valence-corrected chi connectivity index (χ3v) is 3.57. The second kappa shape index (κ2) is 5.48. The number of nitrogens with zero attached hydrogens (tertiary/aromatic N) is 1. The number of phenolic OH excluding ortho intramolecular Hbond substituents is 1. The predicted octanol–water partition coefficient (Wildman–Crippen LogP) is 3.13. The van der Waals surface area contributed by atoms with E-state index in [1.165, 1.54) is 0 Å². The van der Waals surface area contributed by atoms with Crippen molar-refractivity contribution < 1.29 is 14.6 Å². The summed E-state index contributed by atoms with van der Waals surface area (Å²) in [5.74, 6) is 0.512. The molecule has 0 spiro atoms. The summed E-state index contributed by atoms with van der Waals surface area (Å²) in [5, 5.41) is 9.98. The fourth-order valence-corrected chi connectivity index (χ4v) is 2.50. The van der Waals surface area contributed by atoms with Crippen molar-refractivity contribution in [3.8, 4) is 11.5 Å². The van der Waals surface area contributed by atoms with Crippen LogP contribution in [-0.2, 0) is 0 Å². The van der Waals surface area contributed by atoms with Gasteiger partial charge in [-0.2, -0.15) is 0 Å². The molecule has 108 valence electrons.